The number of aromatic nitrogens is 1. The summed E-state index contributed by atoms with van der Waals surface area (Å²) in [6.45, 7) is 0. The maximum atomic E-state index is 11.3. The van der Waals surface area contributed by atoms with Gasteiger partial charge in [-0.2, -0.15) is 0 Å². The van der Waals surface area contributed by atoms with Gasteiger partial charge in [0.15, 0.2) is 0 Å². The van der Waals surface area contributed by atoms with E-state index >= 15 is 0 Å². The van der Waals surface area contributed by atoms with Crippen molar-refractivity contribution in [2.24, 2.45) is 0 Å². The number of fused-ring (bicyclic) bond motifs is 1. The molecule has 0 aliphatic heterocycles. The highest BCUT2D eigenvalue weighted by Gasteiger charge is 2.08. The van der Waals surface area contributed by atoms with Crippen LogP contribution in [0.15, 0.2) is 30.5 Å². The van der Waals surface area contributed by atoms with Gasteiger partial charge in [-0.1, -0.05) is 18.2 Å². The van der Waals surface area contributed by atoms with Gasteiger partial charge in [-0.05, 0) is 6.07 Å². The Bertz CT molecular complexity index is 539. The van der Waals surface area contributed by atoms with Crippen LogP contribution in [0.2, 0.25) is 0 Å². The molecule has 0 spiro atoms. The number of rotatable bonds is 1. The van der Waals surface area contributed by atoms with Crippen LogP contribution in [0.1, 0.15) is 0 Å². The van der Waals surface area contributed by atoms with E-state index < -0.39 is 10.0 Å². The van der Waals surface area contributed by atoms with Gasteiger partial charge in [-0.25, -0.2) is 12.4 Å². The van der Waals surface area contributed by atoms with E-state index in [0.717, 1.165) is 5.39 Å². The SMILES string of the molecule is CS(=O)(=O)n1c[c]c2ccccc21. The van der Waals surface area contributed by atoms with E-state index in [1.807, 2.05) is 12.1 Å². The predicted octanol–water partition coefficient (Wildman–Crippen LogP) is 1.25. The first-order chi connectivity index (χ1) is 6.09. The van der Waals surface area contributed by atoms with Crippen LogP contribution in [0.25, 0.3) is 10.9 Å². The maximum Gasteiger partial charge on any atom is 0.236 e. The van der Waals surface area contributed by atoms with Gasteiger partial charge in [0.1, 0.15) is 0 Å². The highest BCUT2D eigenvalue weighted by Crippen LogP contribution is 2.15. The van der Waals surface area contributed by atoms with Gasteiger partial charge in [-0.3, -0.25) is 0 Å². The van der Waals surface area contributed by atoms with Gasteiger partial charge in [0.25, 0.3) is 0 Å². The zero-order valence-corrected chi connectivity index (χ0v) is 7.88. The van der Waals surface area contributed by atoms with Crippen LogP contribution < -0.4 is 0 Å². The molecule has 1 aromatic carbocycles. The van der Waals surface area contributed by atoms with E-state index in [4.69, 9.17) is 0 Å². The number of hydrogen-bond acceptors (Lipinski definition) is 2. The summed E-state index contributed by atoms with van der Waals surface area (Å²) in [5.41, 5.74) is 0.671. The third-order valence-electron chi connectivity index (χ3n) is 1.84. The fourth-order valence-electron chi connectivity index (χ4n) is 1.26. The lowest BCUT2D eigenvalue weighted by molar-refractivity contribution is 0.595. The summed E-state index contributed by atoms with van der Waals surface area (Å²) in [5.74, 6) is 0. The zero-order valence-electron chi connectivity index (χ0n) is 7.06. The normalized spacial score (nSPS) is 12.1. The van der Waals surface area contributed by atoms with E-state index in [1.165, 1.54) is 16.4 Å². The van der Waals surface area contributed by atoms with Crippen molar-refractivity contribution in [3.63, 3.8) is 0 Å². The van der Waals surface area contributed by atoms with Crippen LogP contribution in [0.4, 0.5) is 0 Å². The van der Waals surface area contributed by atoms with Crippen LogP contribution in [-0.2, 0) is 10.0 Å². The Balaban J connectivity index is 2.87. The second-order valence-corrected chi connectivity index (χ2v) is 4.71. The van der Waals surface area contributed by atoms with Crippen molar-refractivity contribution in [3.05, 3.63) is 36.5 Å². The van der Waals surface area contributed by atoms with Crippen molar-refractivity contribution in [3.8, 4) is 0 Å². The number of hydrogen-bond donors (Lipinski definition) is 0. The fraction of sp³-hybridized carbons (Fsp3) is 0.111. The Hall–Kier alpha value is -1.29. The molecular weight excluding hydrogens is 186 g/mol. The standard InChI is InChI=1S/C9H8NO2S/c1-13(11,12)10-7-6-8-4-2-3-5-9(8)10/h2-5,7H,1H3. The first-order valence-electron chi connectivity index (χ1n) is 3.77. The minimum Gasteiger partial charge on any atom is -0.245 e. The summed E-state index contributed by atoms with van der Waals surface area (Å²) in [6.07, 6.45) is 2.62. The maximum absolute atomic E-state index is 11.3. The van der Waals surface area contributed by atoms with Gasteiger partial charge in [0, 0.05) is 17.6 Å². The summed E-state index contributed by atoms with van der Waals surface area (Å²) >= 11 is 0. The highest BCUT2D eigenvalue weighted by atomic mass is 32.2. The molecule has 0 aliphatic rings. The molecule has 0 fully saturated rings. The van der Waals surface area contributed by atoms with E-state index in [1.54, 1.807) is 12.1 Å². The lowest BCUT2D eigenvalue weighted by atomic mass is 10.3. The number of nitrogens with zero attached hydrogens (tertiary/aromatic N) is 1. The number of para-hydroxylation sites is 1. The molecule has 3 nitrogen and oxygen atoms in total. The van der Waals surface area contributed by atoms with Crippen molar-refractivity contribution in [2.45, 2.75) is 0 Å². The van der Waals surface area contributed by atoms with Crippen LogP contribution in [0.5, 0.6) is 0 Å². The molecule has 67 valence electrons. The Kier molecular flexibility index (Phi) is 1.66. The Morgan fingerprint density at radius 2 is 2.00 bits per heavy atom. The van der Waals surface area contributed by atoms with Gasteiger partial charge >= 0.3 is 0 Å². The van der Waals surface area contributed by atoms with E-state index in [9.17, 15) is 8.42 Å². The van der Waals surface area contributed by atoms with E-state index in [2.05, 4.69) is 6.07 Å². The topological polar surface area (TPSA) is 39.1 Å². The molecule has 13 heavy (non-hydrogen) atoms. The molecule has 1 aromatic heterocycles. The van der Waals surface area contributed by atoms with Crippen molar-refractivity contribution >= 4 is 20.9 Å². The van der Waals surface area contributed by atoms with Crippen LogP contribution >= 0.6 is 0 Å². The van der Waals surface area contributed by atoms with Crippen molar-refractivity contribution in [1.82, 2.24) is 3.97 Å². The minimum absolute atomic E-state index is 0.671. The lowest BCUT2D eigenvalue weighted by Gasteiger charge is -2.00. The highest BCUT2D eigenvalue weighted by molar-refractivity contribution is 7.89. The van der Waals surface area contributed by atoms with Gasteiger partial charge in [0.2, 0.25) is 10.0 Å². The second kappa shape index (κ2) is 2.60. The van der Waals surface area contributed by atoms with Crippen molar-refractivity contribution in [2.75, 3.05) is 6.26 Å². The van der Waals surface area contributed by atoms with Crippen molar-refractivity contribution in [1.29, 1.82) is 0 Å². The summed E-state index contributed by atoms with van der Waals surface area (Å²) in [4.78, 5) is 0. The zero-order chi connectivity index (χ0) is 9.47. The monoisotopic (exact) mass is 194 g/mol. The largest absolute Gasteiger partial charge is 0.245 e. The first kappa shape index (κ1) is 8.31. The molecule has 0 saturated carbocycles. The average Bonchev–Trinajstić information content (AvgIpc) is 2.45. The molecule has 2 rings (SSSR count). The molecule has 0 saturated heterocycles. The molecule has 4 heteroatoms. The van der Waals surface area contributed by atoms with Gasteiger partial charge in [-0.15, -0.1) is 0 Å². The molecule has 0 bridgehead atoms. The van der Waals surface area contributed by atoms with Crippen LogP contribution in [0.3, 0.4) is 0 Å². The minimum atomic E-state index is -3.20. The first-order valence-corrected chi connectivity index (χ1v) is 5.62. The third-order valence-corrected chi connectivity index (χ3v) is 2.85. The lowest BCUT2D eigenvalue weighted by Crippen LogP contribution is -2.07. The average molecular weight is 194 g/mol. The molecule has 0 N–H and O–H groups in total. The predicted molar refractivity (Wildman–Crippen MR) is 51.0 cm³/mol. The molecule has 0 aliphatic carbocycles. The fourth-order valence-corrected chi connectivity index (χ4v) is 2.02. The van der Waals surface area contributed by atoms with Crippen LogP contribution in [-0.4, -0.2) is 18.6 Å². The Morgan fingerprint density at radius 3 is 2.69 bits per heavy atom. The molecule has 0 unspecified atom stereocenters. The Labute approximate surface area is 76.7 Å². The quantitative estimate of drug-likeness (QED) is 0.685. The molecule has 0 atom stereocenters. The summed E-state index contributed by atoms with van der Waals surface area (Å²) in [6, 6.07) is 10.1. The molecular formula is C9H8NO2S. The Morgan fingerprint density at radius 1 is 1.31 bits per heavy atom. The smallest absolute Gasteiger partial charge is 0.236 e. The molecule has 0 amide bonds. The van der Waals surface area contributed by atoms with Crippen molar-refractivity contribution < 1.29 is 8.42 Å². The van der Waals surface area contributed by atoms with E-state index in [0.29, 0.717) is 5.52 Å². The van der Waals surface area contributed by atoms with Gasteiger partial charge < -0.3 is 0 Å². The summed E-state index contributed by atoms with van der Waals surface area (Å²) < 4.78 is 23.7. The third kappa shape index (κ3) is 1.33. The number of benzene rings is 1. The van der Waals surface area contributed by atoms with E-state index in [-0.39, 0.29) is 0 Å². The molecule has 1 heterocycles. The summed E-state index contributed by atoms with van der Waals surface area (Å²) in [7, 11) is -3.20. The van der Waals surface area contributed by atoms with Gasteiger partial charge in [0.05, 0.1) is 11.8 Å². The molecule has 1 radical (unpaired) electrons. The molecule has 2 aromatic rings. The summed E-state index contributed by atoms with van der Waals surface area (Å²) in [5, 5.41) is 0.813. The second-order valence-electron chi connectivity index (χ2n) is 2.85. The van der Waals surface area contributed by atoms with Crippen LogP contribution in [0, 0.1) is 6.07 Å².